The van der Waals surface area contributed by atoms with E-state index in [4.69, 9.17) is 5.11 Å². The minimum absolute atomic E-state index is 0.222. The second-order valence-corrected chi connectivity index (χ2v) is 3.14. The van der Waals surface area contributed by atoms with E-state index in [1.807, 2.05) is 0 Å². The zero-order valence-electron chi connectivity index (χ0n) is 8.04. The minimum atomic E-state index is -1.01. The molecule has 0 amide bonds. The molecule has 1 aromatic carbocycles. The van der Waals surface area contributed by atoms with Crippen LogP contribution in [-0.4, -0.2) is 17.1 Å². The number of nitrogens with one attached hydrogen (secondary N) is 1. The van der Waals surface area contributed by atoms with Gasteiger partial charge in [0, 0.05) is 0 Å². The number of aryl methyl sites for hydroxylation is 1. The van der Waals surface area contributed by atoms with Crippen molar-refractivity contribution >= 4 is 11.7 Å². The number of aliphatic carboxylic acids is 1. The van der Waals surface area contributed by atoms with Crippen molar-refractivity contribution in [3.05, 3.63) is 29.6 Å². The number of rotatable bonds is 3. The van der Waals surface area contributed by atoms with E-state index in [9.17, 15) is 9.18 Å². The Bertz CT molecular complexity index is 352. The molecule has 0 spiro atoms. The van der Waals surface area contributed by atoms with Gasteiger partial charge in [0.25, 0.3) is 0 Å². The van der Waals surface area contributed by atoms with E-state index in [2.05, 4.69) is 5.32 Å². The Morgan fingerprint density at radius 2 is 2.21 bits per heavy atom. The van der Waals surface area contributed by atoms with E-state index >= 15 is 0 Å². The highest BCUT2D eigenvalue weighted by Crippen LogP contribution is 2.17. The first-order valence-corrected chi connectivity index (χ1v) is 4.27. The molecule has 0 heterocycles. The zero-order chi connectivity index (χ0) is 10.7. The summed E-state index contributed by atoms with van der Waals surface area (Å²) >= 11 is 0. The average molecular weight is 197 g/mol. The molecule has 14 heavy (non-hydrogen) atoms. The quantitative estimate of drug-likeness (QED) is 0.779. The maximum absolute atomic E-state index is 13.4. The fourth-order valence-corrected chi connectivity index (χ4v) is 1.05. The number of carboxylic acid groups (broad SMARTS) is 1. The van der Waals surface area contributed by atoms with Crippen molar-refractivity contribution in [3.8, 4) is 0 Å². The van der Waals surface area contributed by atoms with Gasteiger partial charge in [-0.05, 0) is 25.5 Å². The maximum atomic E-state index is 13.4. The van der Waals surface area contributed by atoms with Crippen LogP contribution in [0.2, 0.25) is 0 Å². The molecule has 0 aliphatic heterocycles. The molecule has 0 saturated heterocycles. The summed E-state index contributed by atoms with van der Waals surface area (Å²) in [5, 5.41) is 11.2. The van der Waals surface area contributed by atoms with Crippen LogP contribution >= 0.6 is 0 Å². The van der Waals surface area contributed by atoms with Crippen LogP contribution in [0.5, 0.6) is 0 Å². The molecule has 2 N–H and O–H groups in total. The Hall–Kier alpha value is -1.58. The van der Waals surface area contributed by atoms with Gasteiger partial charge in [0.2, 0.25) is 0 Å². The molecule has 0 saturated carbocycles. The van der Waals surface area contributed by atoms with Crippen molar-refractivity contribution in [1.29, 1.82) is 0 Å². The molecular formula is C10H12FNO2. The standard InChI is InChI=1S/C10H12FNO2/c1-6-4-3-5-8(9(6)11)12-7(2)10(13)14/h3-5,7,12H,1-2H3,(H,13,14). The van der Waals surface area contributed by atoms with Crippen LogP contribution in [0.3, 0.4) is 0 Å². The van der Waals surface area contributed by atoms with Gasteiger partial charge in [-0.25, -0.2) is 4.39 Å². The van der Waals surface area contributed by atoms with Crippen LogP contribution < -0.4 is 5.32 Å². The van der Waals surface area contributed by atoms with Gasteiger partial charge < -0.3 is 10.4 Å². The highest BCUT2D eigenvalue weighted by atomic mass is 19.1. The Labute approximate surface area is 81.6 Å². The predicted octanol–water partition coefficient (Wildman–Crippen LogP) is 2.02. The summed E-state index contributed by atoms with van der Waals surface area (Å²) in [4.78, 5) is 10.5. The van der Waals surface area contributed by atoms with E-state index in [0.717, 1.165) is 0 Å². The number of anilines is 1. The minimum Gasteiger partial charge on any atom is -0.480 e. The molecule has 76 valence electrons. The largest absolute Gasteiger partial charge is 0.480 e. The van der Waals surface area contributed by atoms with Crippen LogP contribution in [-0.2, 0) is 4.79 Å². The number of hydrogen-bond donors (Lipinski definition) is 2. The fraction of sp³-hybridized carbons (Fsp3) is 0.300. The molecule has 1 unspecified atom stereocenters. The summed E-state index contributed by atoms with van der Waals surface area (Å²) in [7, 11) is 0. The third kappa shape index (κ3) is 2.22. The molecule has 0 aliphatic rings. The van der Waals surface area contributed by atoms with E-state index in [1.165, 1.54) is 13.0 Å². The Kier molecular flexibility index (Phi) is 3.06. The number of halogens is 1. The lowest BCUT2D eigenvalue weighted by Crippen LogP contribution is -2.25. The first-order valence-electron chi connectivity index (χ1n) is 4.27. The van der Waals surface area contributed by atoms with E-state index in [0.29, 0.717) is 5.56 Å². The molecular weight excluding hydrogens is 185 g/mol. The molecule has 3 nitrogen and oxygen atoms in total. The van der Waals surface area contributed by atoms with Crippen molar-refractivity contribution in [1.82, 2.24) is 0 Å². The van der Waals surface area contributed by atoms with Gasteiger partial charge in [0.05, 0.1) is 5.69 Å². The Morgan fingerprint density at radius 3 is 2.79 bits per heavy atom. The molecule has 0 fully saturated rings. The van der Waals surface area contributed by atoms with Crippen molar-refractivity contribution in [2.24, 2.45) is 0 Å². The monoisotopic (exact) mass is 197 g/mol. The molecule has 1 aromatic rings. The van der Waals surface area contributed by atoms with Crippen LogP contribution in [0.15, 0.2) is 18.2 Å². The summed E-state index contributed by atoms with van der Waals surface area (Å²) in [6, 6.07) is 4.02. The molecule has 0 radical (unpaired) electrons. The first-order chi connectivity index (χ1) is 6.52. The Balaban J connectivity index is 2.87. The number of benzene rings is 1. The Morgan fingerprint density at radius 1 is 1.57 bits per heavy atom. The summed E-state index contributed by atoms with van der Waals surface area (Å²) in [6.07, 6.45) is 0. The lowest BCUT2D eigenvalue weighted by molar-refractivity contribution is -0.137. The van der Waals surface area contributed by atoms with Crippen molar-refractivity contribution < 1.29 is 14.3 Å². The lowest BCUT2D eigenvalue weighted by atomic mass is 10.2. The highest BCUT2D eigenvalue weighted by molar-refractivity contribution is 5.76. The first kappa shape index (κ1) is 10.5. The fourth-order valence-electron chi connectivity index (χ4n) is 1.05. The number of carbonyl (C=O) groups is 1. The molecule has 1 rings (SSSR count). The van der Waals surface area contributed by atoms with E-state index in [-0.39, 0.29) is 5.69 Å². The predicted molar refractivity (Wildman–Crippen MR) is 51.9 cm³/mol. The van der Waals surface area contributed by atoms with Crippen molar-refractivity contribution in [2.75, 3.05) is 5.32 Å². The number of carboxylic acids is 1. The van der Waals surface area contributed by atoms with Crippen LogP contribution in [0.4, 0.5) is 10.1 Å². The van der Waals surface area contributed by atoms with Gasteiger partial charge >= 0.3 is 5.97 Å². The normalized spacial score (nSPS) is 12.2. The van der Waals surface area contributed by atoms with Gasteiger partial charge in [-0.1, -0.05) is 12.1 Å². The molecule has 0 bridgehead atoms. The SMILES string of the molecule is Cc1cccc(NC(C)C(=O)O)c1F. The average Bonchev–Trinajstić information content (AvgIpc) is 2.12. The smallest absolute Gasteiger partial charge is 0.325 e. The summed E-state index contributed by atoms with van der Waals surface area (Å²) in [5.74, 6) is -1.41. The third-order valence-corrected chi connectivity index (χ3v) is 1.93. The van der Waals surface area contributed by atoms with Crippen LogP contribution in [0, 0.1) is 12.7 Å². The second-order valence-electron chi connectivity index (χ2n) is 3.14. The van der Waals surface area contributed by atoms with Crippen LogP contribution in [0.25, 0.3) is 0 Å². The summed E-state index contributed by atoms with van der Waals surface area (Å²) in [5.41, 5.74) is 0.715. The molecule has 1 atom stereocenters. The second kappa shape index (κ2) is 4.09. The van der Waals surface area contributed by atoms with E-state index in [1.54, 1.807) is 19.1 Å². The van der Waals surface area contributed by atoms with Crippen molar-refractivity contribution in [2.45, 2.75) is 19.9 Å². The third-order valence-electron chi connectivity index (χ3n) is 1.93. The molecule has 4 heteroatoms. The summed E-state index contributed by atoms with van der Waals surface area (Å²) < 4.78 is 13.4. The van der Waals surface area contributed by atoms with Gasteiger partial charge in [-0.15, -0.1) is 0 Å². The van der Waals surface area contributed by atoms with Gasteiger partial charge in [-0.3, -0.25) is 4.79 Å². The topological polar surface area (TPSA) is 49.3 Å². The zero-order valence-corrected chi connectivity index (χ0v) is 8.04. The van der Waals surface area contributed by atoms with E-state index < -0.39 is 17.8 Å². The molecule has 0 aromatic heterocycles. The maximum Gasteiger partial charge on any atom is 0.325 e. The number of hydrogen-bond acceptors (Lipinski definition) is 2. The van der Waals surface area contributed by atoms with Crippen LogP contribution in [0.1, 0.15) is 12.5 Å². The van der Waals surface area contributed by atoms with Gasteiger partial charge in [0.1, 0.15) is 11.9 Å². The highest BCUT2D eigenvalue weighted by Gasteiger charge is 2.12. The van der Waals surface area contributed by atoms with Gasteiger partial charge in [-0.2, -0.15) is 0 Å². The van der Waals surface area contributed by atoms with Gasteiger partial charge in [0.15, 0.2) is 0 Å². The summed E-state index contributed by atoms with van der Waals surface area (Å²) in [6.45, 7) is 3.09. The lowest BCUT2D eigenvalue weighted by Gasteiger charge is -2.12. The molecule has 0 aliphatic carbocycles. The van der Waals surface area contributed by atoms with Crippen molar-refractivity contribution in [3.63, 3.8) is 0 Å².